The molecular weight excluding hydrogens is 353 g/mol. The number of aliphatic imine (C=N–C) groups is 1. The van der Waals surface area contributed by atoms with Crippen LogP contribution in [0.5, 0.6) is 0 Å². The van der Waals surface area contributed by atoms with Gasteiger partial charge in [0.2, 0.25) is 0 Å². The maximum atomic E-state index is 5.77. The molecule has 0 saturated carbocycles. The van der Waals surface area contributed by atoms with E-state index in [-0.39, 0.29) is 11.2 Å². The molecule has 4 heteroatoms. The van der Waals surface area contributed by atoms with Crippen LogP contribution in [0.25, 0.3) is 0 Å². The number of hydrogen-bond acceptors (Lipinski definition) is 3. The van der Waals surface area contributed by atoms with Gasteiger partial charge in [0, 0.05) is 15.9 Å². The fourth-order valence-electron chi connectivity index (χ4n) is 1.55. The van der Waals surface area contributed by atoms with E-state index in [9.17, 15) is 0 Å². The third-order valence-corrected chi connectivity index (χ3v) is 4.14. The van der Waals surface area contributed by atoms with E-state index in [2.05, 4.69) is 27.6 Å². The number of hydrogen-bond donors (Lipinski definition) is 0. The average molecular weight is 371 g/mol. The average Bonchev–Trinajstić information content (AvgIpc) is 2.50. The minimum atomic E-state index is -0.338. The van der Waals surface area contributed by atoms with Crippen LogP contribution in [-0.2, 0) is 9.47 Å². The van der Waals surface area contributed by atoms with Crippen LogP contribution in [0.2, 0.25) is 0 Å². The fraction of sp³-hybridized carbons (Fsp3) is 0.400. The maximum absolute atomic E-state index is 5.77. The molecule has 0 N–H and O–H groups in total. The summed E-state index contributed by atoms with van der Waals surface area (Å²) in [5, 5.41) is 0. The zero-order valence-corrected chi connectivity index (χ0v) is 13.8. The third-order valence-electron chi connectivity index (χ3n) is 3.42. The molecule has 1 fully saturated rings. The molecular formula is C15H18INO2. The quantitative estimate of drug-likeness (QED) is 0.569. The van der Waals surface area contributed by atoms with Crippen molar-refractivity contribution >= 4 is 34.5 Å². The summed E-state index contributed by atoms with van der Waals surface area (Å²) in [6, 6.07) is 7.99. The molecule has 0 radical (unpaired) electrons. The van der Waals surface area contributed by atoms with E-state index in [0.717, 1.165) is 5.69 Å². The Morgan fingerprint density at radius 2 is 1.53 bits per heavy atom. The van der Waals surface area contributed by atoms with E-state index in [1.807, 2.05) is 52.0 Å². The molecule has 19 heavy (non-hydrogen) atoms. The van der Waals surface area contributed by atoms with Crippen LogP contribution < -0.4 is 0 Å². The molecule has 1 aliphatic heterocycles. The third kappa shape index (κ3) is 3.29. The number of allylic oxidation sites excluding steroid dienone is 1. The van der Waals surface area contributed by atoms with E-state index >= 15 is 0 Å². The Labute approximate surface area is 127 Å². The first-order chi connectivity index (χ1) is 8.80. The number of rotatable bonds is 2. The highest BCUT2D eigenvalue weighted by Crippen LogP contribution is 2.39. The van der Waals surface area contributed by atoms with E-state index < -0.39 is 0 Å². The number of nitrogens with zero attached hydrogens (tertiary/aromatic N) is 1. The largest absolute Gasteiger partial charge is 0.455 e. The molecule has 1 heterocycles. The van der Waals surface area contributed by atoms with Crippen molar-refractivity contribution in [2.24, 2.45) is 4.99 Å². The van der Waals surface area contributed by atoms with Crippen LogP contribution in [0.3, 0.4) is 0 Å². The molecule has 0 amide bonds. The molecule has 0 atom stereocenters. The summed E-state index contributed by atoms with van der Waals surface area (Å²) < 4.78 is 12.7. The van der Waals surface area contributed by atoms with E-state index in [0.29, 0.717) is 5.95 Å². The second-order valence-electron chi connectivity index (χ2n) is 5.47. The summed E-state index contributed by atoms with van der Waals surface area (Å²) in [7, 11) is 0. The normalized spacial score (nSPS) is 20.2. The topological polar surface area (TPSA) is 30.8 Å². The second kappa shape index (κ2) is 5.15. The van der Waals surface area contributed by atoms with Crippen molar-refractivity contribution in [3.63, 3.8) is 0 Å². The van der Waals surface area contributed by atoms with Crippen LogP contribution >= 0.6 is 22.6 Å². The molecule has 0 bridgehead atoms. The number of halogens is 1. The van der Waals surface area contributed by atoms with Crippen molar-refractivity contribution in [3.8, 4) is 0 Å². The van der Waals surface area contributed by atoms with Crippen molar-refractivity contribution in [2.45, 2.75) is 38.9 Å². The monoisotopic (exact) mass is 371 g/mol. The van der Waals surface area contributed by atoms with E-state index in [4.69, 9.17) is 9.47 Å². The predicted molar refractivity (Wildman–Crippen MR) is 85.7 cm³/mol. The van der Waals surface area contributed by atoms with Crippen LogP contribution in [0.1, 0.15) is 27.7 Å². The van der Waals surface area contributed by atoms with Gasteiger partial charge in [-0.1, -0.05) is 0 Å². The molecule has 0 spiro atoms. The first-order valence-corrected chi connectivity index (χ1v) is 7.26. The molecule has 2 rings (SSSR count). The molecule has 3 nitrogen and oxygen atoms in total. The Morgan fingerprint density at radius 1 is 1.00 bits per heavy atom. The van der Waals surface area contributed by atoms with Crippen LogP contribution in [0, 0.1) is 3.57 Å². The number of ether oxygens (including phenoxy) is 2. The first-order valence-electron chi connectivity index (χ1n) is 6.18. The lowest BCUT2D eigenvalue weighted by atomic mass is 9.90. The van der Waals surface area contributed by atoms with E-state index in [1.165, 1.54) is 3.57 Å². The second-order valence-corrected chi connectivity index (χ2v) is 6.71. The molecule has 1 aromatic carbocycles. The van der Waals surface area contributed by atoms with Crippen molar-refractivity contribution in [3.05, 3.63) is 39.9 Å². The predicted octanol–water partition coefficient (Wildman–Crippen LogP) is 4.44. The van der Waals surface area contributed by atoms with Gasteiger partial charge in [0.25, 0.3) is 5.95 Å². The summed E-state index contributed by atoms with van der Waals surface area (Å²) in [6.45, 7) is 8.07. The Balaban J connectivity index is 2.06. The van der Waals surface area contributed by atoms with Crippen LogP contribution in [-0.4, -0.2) is 17.4 Å². The van der Waals surface area contributed by atoms with Crippen molar-refractivity contribution in [1.29, 1.82) is 0 Å². The van der Waals surface area contributed by atoms with Gasteiger partial charge in [0.1, 0.15) is 11.2 Å². The molecule has 0 aliphatic carbocycles. The van der Waals surface area contributed by atoms with E-state index in [1.54, 1.807) is 12.3 Å². The standard InChI is InChI=1S/C15H18INO2/c1-14(2)15(3,4)19-13(18-14)9-10-17-12-7-5-11(16)6-8-12/h5-10H,1-4H3. The summed E-state index contributed by atoms with van der Waals surface area (Å²) in [6.07, 6.45) is 3.46. The highest BCUT2D eigenvalue weighted by atomic mass is 127. The summed E-state index contributed by atoms with van der Waals surface area (Å²) in [5.41, 5.74) is 0.235. The van der Waals surface area contributed by atoms with Gasteiger partial charge >= 0.3 is 0 Å². The van der Waals surface area contributed by atoms with Crippen LogP contribution in [0.4, 0.5) is 5.69 Å². The molecule has 0 aromatic heterocycles. The zero-order chi connectivity index (χ0) is 14.1. The molecule has 0 unspecified atom stereocenters. The maximum Gasteiger partial charge on any atom is 0.282 e. The van der Waals surface area contributed by atoms with Gasteiger partial charge in [-0.3, -0.25) is 4.99 Å². The minimum Gasteiger partial charge on any atom is -0.455 e. The Kier molecular flexibility index (Phi) is 3.90. The van der Waals surface area contributed by atoms with Gasteiger partial charge < -0.3 is 9.47 Å². The highest BCUT2D eigenvalue weighted by Gasteiger charge is 2.48. The number of benzene rings is 1. The lowest BCUT2D eigenvalue weighted by molar-refractivity contribution is 0.00578. The summed E-state index contributed by atoms with van der Waals surface area (Å²) >= 11 is 2.27. The lowest BCUT2D eigenvalue weighted by Gasteiger charge is -2.28. The van der Waals surface area contributed by atoms with Gasteiger partial charge in [0.05, 0.1) is 5.69 Å². The Bertz CT molecular complexity index is 497. The fourth-order valence-corrected chi connectivity index (χ4v) is 1.91. The van der Waals surface area contributed by atoms with Gasteiger partial charge in [-0.25, -0.2) is 0 Å². The first kappa shape index (κ1) is 14.4. The van der Waals surface area contributed by atoms with Gasteiger partial charge in [0.15, 0.2) is 0 Å². The van der Waals surface area contributed by atoms with Gasteiger partial charge in [-0.15, -0.1) is 0 Å². The summed E-state index contributed by atoms with van der Waals surface area (Å²) in [4.78, 5) is 4.34. The summed E-state index contributed by atoms with van der Waals surface area (Å²) in [5.74, 6) is 0.518. The van der Waals surface area contributed by atoms with Gasteiger partial charge in [-0.05, 0) is 74.6 Å². The molecule has 1 aromatic rings. The Morgan fingerprint density at radius 3 is 2.05 bits per heavy atom. The Hall–Kier alpha value is -1.04. The smallest absolute Gasteiger partial charge is 0.282 e. The van der Waals surface area contributed by atoms with Crippen LogP contribution in [0.15, 0.2) is 41.3 Å². The highest BCUT2D eigenvalue weighted by molar-refractivity contribution is 14.1. The lowest BCUT2D eigenvalue weighted by Crippen LogP contribution is -2.41. The minimum absolute atomic E-state index is 0.338. The molecule has 1 saturated heterocycles. The molecule has 1 aliphatic rings. The SMILES string of the molecule is CC1(C)OC(=CC=Nc2ccc(I)cc2)OC1(C)C. The van der Waals surface area contributed by atoms with Crippen molar-refractivity contribution in [2.75, 3.05) is 0 Å². The van der Waals surface area contributed by atoms with Crippen molar-refractivity contribution in [1.82, 2.24) is 0 Å². The van der Waals surface area contributed by atoms with Crippen molar-refractivity contribution < 1.29 is 9.47 Å². The zero-order valence-electron chi connectivity index (χ0n) is 11.6. The van der Waals surface area contributed by atoms with Gasteiger partial charge in [-0.2, -0.15) is 0 Å². The molecule has 102 valence electrons.